The third-order valence-corrected chi connectivity index (χ3v) is 4.66. The van der Waals surface area contributed by atoms with Crippen LogP contribution in [0.3, 0.4) is 0 Å². The summed E-state index contributed by atoms with van der Waals surface area (Å²) in [4.78, 5) is 27.1. The number of carbonyl (C=O) groups excluding carboxylic acids is 1. The highest BCUT2D eigenvalue weighted by molar-refractivity contribution is 6.36. The molecule has 0 saturated heterocycles. The van der Waals surface area contributed by atoms with Crippen molar-refractivity contribution in [3.63, 3.8) is 0 Å². The first-order chi connectivity index (χ1) is 13.8. The number of rotatable bonds is 4. The second kappa shape index (κ2) is 8.39. The number of aromatic nitrogens is 1. The molecule has 0 unspecified atom stereocenters. The number of pyridine rings is 1. The lowest BCUT2D eigenvalue weighted by atomic mass is 10.0. The molecule has 1 heterocycles. The largest absolute Gasteiger partial charge is 0.493 e. The van der Waals surface area contributed by atoms with Crippen molar-refractivity contribution in [3.8, 4) is 28.7 Å². The number of nitriles is 1. The molecule has 0 spiro atoms. The van der Waals surface area contributed by atoms with Gasteiger partial charge in [-0.2, -0.15) is 5.26 Å². The SMILES string of the molecule is COc1cc(-c2cc(C)[nH]c(=O)c2C#N)ccc1OC(=O)c1ccc(Cl)cc1Cl. The van der Waals surface area contributed by atoms with Crippen molar-refractivity contribution in [2.45, 2.75) is 6.92 Å². The van der Waals surface area contributed by atoms with Crippen LogP contribution in [0.15, 0.2) is 47.3 Å². The van der Waals surface area contributed by atoms with Crippen LogP contribution in [-0.2, 0) is 0 Å². The number of carbonyl (C=O) groups is 1. The fourth-order valence-corrected chi connectivity index (χ4v) is 3.24. The van der Waals surface area contributed by atoms with E-state index in [-0.39, 0.29) is 27.6 Å². The number of hydrogen-bond acceptors (Lipinski definition) is 5. The van der Waals surface area contributed by atoms with Gasteiger partial charge in [0.15, 0.2) is 11.5 Å². The Labute approximate surface area is 176 Å². The first-order valence-corrected chi connectivity index (χ1v) is 9.09. The molecule has 1 aromatic heterocycles. The minimum atomic E-state index is -0.678. The average Bonchev–Trinajstić information content (AvgIpc) is 2.67. The lowest BCUT2D eigenvalue weighted by molar-refractivity contribution is 0.0730. The molecule has 1 N–H and O–H groups in total. The van der Waals surface area contributed by atoms with Crippen LogP contribution in [0.5, 0.6) is 11.5 Å². The Balaban J connectivity index is 1.99. The Hall–Kier alpha value is -3.27. The van der Waals surface area contributed by atoms with E-state index in [4.69, 9.17) is 32.7 Å². The number of benzene rings is 2. The van der Waals surface area contributed by atoms with Gasteiger partial charge in [-0.1, -0.05) is 29.3 Å². The van der Waals surface area contributed by atoms with E-state index in [1.54, 1.807) is 25.1 Å². The second-order valence-electron chi connectivity index (χ2n) is 6.06. The lowest BCUT2D eigenvalue weighted by Gasteiger charge is -2.12. The van der Waals surface area contributed by atoms with Gasteiger partial charge in [0.1, 0.15) is 11.6 Å². The Bertz CT molecular complexity index is 1210. The molecule has 8 heteroatoms. The number of aryl methyl sites for hydroxylation is 1. The van der Waals surface area contributed by atoms with Crippen molar-refractivity contribution in [2.24, 2.45) is 0 Å². The van der Waals surface area contributed by atoms with Crippen molar-refractivity contribution in [2.75, 3.05) is 7.11 Å². The summed E-state index contributed by atoms with van der Waals surface area (Å²) in [6.45, 7) is 1.72. The summed E-state index contributed by atoms with van der Waals surface area (Å²) in [7, 11) is 1.42. The highest BCUT2D eigenvalue weighted by atomic mass is 35.5. The zero-order valence-electron chi connectivity index (χ0n) is 15.4. The number of esters is 1. The molecule has 146 valence electrons. The minimum absolute atomic E-state index is 0.0182. The molecule has 6 nitrogen and oxygen atoms in total. The van der Waals surface area contributed by atoms with E-state index >= 15 is 0 Å². The van der Waals surface area contributed by atoms with Gasteiger partial charge in [-0.25, -0.2) is 4.79 Å². The standard InChI is InChI=1S/C21H14Cl2N2O4/c1-11-7-15(16(10-24)20(26)25-11)12-3-6-18(19(8-12)28-2)29-21(27)14-5-4-13(22)9-17(14)23/h3-9H,1-2H3,(H,25,26). The van der Waals surface area contributed by atoms with Gasteiger partial charge in [-0.05, 0) is 48.9 Å². The number of methoxy groups -OCH3 is 1. The number of halogens is 2. The van der Waals surface area contributed by atoms with Crippen LogP contribution in [0, 0.1) is 18.3 Å². The van der Waals surface area contributed by atoms with Crippen LogP contribution >= 0.6 is 23.2 Å². The minimum Gasteiger partial charge on any atom is -0.493 e. The summed E-state index contributed by atoms with van der Waals surface area (Å²) >= 11 is 11.9. The maximum Gasteiger partial charge on any atom is 0.345 e. The summed E-state index contributed by atoms with van der Waals surface area (Å²) in [5.41, 5.74) is 1.28. The van der Waals surface area contributed by atoms with E-state index in [1.807, 2.05) is 6.07 Å². The molecule has 29 heavy (non-hydrogen) atoms. The molecule has 0 aliphatic heterocycles. The molecule has 0 fully saturated rings. The van der Waals surface area contributed by atoms with Gasteiger partial charge in [0.2, 0.25) is 0 Å². The van der Waals surface area contributed by atoms with E-state index in [9.17, 15) is 14.9 Å². The van der Waals surface area contributed by atoms with Crippen LogP contribution in [0.25, 0.3) is 11.1 Å². The Morgan fingerprint density at radius 3 is 2.52 bits per heavy atom. The first-order valence-electron chi connectivity index (χ1n) is 8.33. The smallest absolute Gasteiger partial charge is 0.345 e. The zero-order valence-corrected chi connectivity index (χ0v) is 16.9. The summed E-state index contributed by atoms with van der Waals surface area (Å²) < 4.78 is 10.7. The average molecular weight is 429 g/mol. The lowest BCUT2D eigenvalue weighted by Crippen LogP contribution is -2.13. The topological polar surface area (TPSA) is 92.2 Å². The zero-order chi connectivity index (χ0) is 21.1. The van der Waals surface area contributed by atoms with Gasteiger partial charge in [-0.3, -0.25) is 4.79 Å². The number of aromatic amines is 1. The van der Waals surface area contributed by atoms with Gasteiger partial charge < -0.3 is 14.5 Å². The predicted molar refractivity (Wildman–Crippen MR) is 110 cm³/mol. The Morgan fingerprint density at radius 1 is 1.10 bits per heavy atom. The normalized spacial score (nSPS) is 10.3. The van der Waals surface area contributed by atoms with E-state index < -0.39 is 11.5 Å². The van der Waals surface area contributed by atoms with Crippen LogP contribution in [-0.4, -0.2) is 18.1 Å². The van der Waals surface area contributed by atoms with E-state index in [2.05, 4.69) is 4.98 Å². The second-order valence-corrected chi connectivity index (χ2v) is 6.90. The molecule has 2 aromatic carbocycles. The molecule has 0 aliphatic rings. The summed E-state index contributed by atoms with van der Waals surface area (Å²) in [6, 6.07) is 12.8. The summed E-state index contributed by atoms with van der Waals surface area (Å²) in [5.74, 6) is -0.266. The van der Waals surface area contributed by atoms with Crippen molar-refractivity contribution in [1.82, 2.24) is 4.98 Å². The maximum absolute atomic E-state index is 12.5. The van der Waals surface area contributed by atoms with Crippen LogP contribution < -0.4 is 15.0 Å². The molecule has 0 saturated carbocycles. The monoisotopic (exact) mass is 428 g/mol. The fraction of sp³-hybridized carbons (Fsp3) is 0.0952. The molecule has 3 rings (SSSR count). The summed E-state index contributed by atoms with van der Waals surface area (Å²) in [6.07, 6.45) is 0. The number of nitrogens with zero attached hydrogens (tertiary/aromatic N) is 1. The van der Waals surface area contributed by atoms with E-state index in [0.717, 1.165) is 0 Å². The molecular formula is C21H14Cl2N2O4. The van der Waals surface area contributed by atoms with Gasteiger partial charge in [0.25, 0.3) is 5.56 Å². The number of H-pyrrole nitrogens is 1. The molecule has 0 aliphatic carbocycles. The van der Waals surface area contributed by atoms with Gasteiger partial charge >= 0.3 is 5.97 Å². The molecule has 0 bridgehead atoms. The first kappa shape index (κ1) is 20.5. The molecule has 0 amide bonds. The highest BCUT2D eigenvalue weighted by Crippen LogP contribution is 2.34. The Morgan fingerprint density at radius 2 is 1.86 bits per heavy atom. The fourth-order valence-electron chi connectivity index (χ4n) is 2.76. The number of hydrogen-bond donors (Lipinski definition) is 1. The molecular weight excluding hydrogens is 415 g/mol. The summed E-state index contributed by atoms with van der Waals surface area (Å²) in [5, 5.41) is 9.89. The third-order valence-electron chi connectivity index (χ3n) is 4.11. The van der Waals surface area contributed by atoms with Gasteiger partial charge in [0, 0.05) is 16.3 Å². The van der Waals surface area contributed by atoms with Crippen molar-refractivity contribution >= 4 is 29.2 Å². The third kappa shape index (κ3) is 4.27. The maximum atomic E-state index is 12.5. The van der Waals surface area contributed by atoms with Gasteiger partial charge in [0.05, 0.1) is 17.7 Å². The van der Waals surface area contributed by atoms with Crippen molar-refractivity contribution < 1.29 is 14.3 Å². The van der Waals surface area contributed by atoms with Gasteiger partial charge in [-0.15, -0.1) is 0 Å². The number of ether oxygens (including phenoxy) is 2. The van der Waals surface area contributed by atoms with E-state index in [0.29, 0.717) is 21.8 Å². The molecule has 3 aromatic rings. The predicted octanol–water partition coefficient (Wildman–Crippen LogP) is 4.76. The highest BCUT2D eigenvalue weighted by Gasteiger charge is 2.18. The van der Waals surface area contributed by atoms with E-state index in [1.165, 1.54) is 31.4 Å². The van der Waals surface area contributed by atoms with Crippen LogP contribution in [0.4, 0.5) is 0 Å². The Kier molecular flexibility index (Phi) is 5.92. The number of nitrogens with one attached hydrogen (secondary N) is 1. The van der Waals surface area contributed by atoms with Crippen molar-refractivity contribution in [3.05, 3.63) is 79.7 Å². The van der Waals surface area contributed by atoms with Crippen LogP contribution in [0.2, 0.25) is 10.0 Å². The molecule has 0 atom stereocenters. The molecule has 0 radical (unpaired) electrons. The van der Waals surface area contributed by atoms with Crippen molar-refractivity contribution in [1.29, 1.82) is 5.26 Å². The van der Waals surface area contributed by atoms with Crippen LogP contribution in [0.1, 0.15) is 21.6 Å². The quantitative estimate of drug-likeness (QED) is 0.477.